The number of amides is 1. The smallest absolute Gasteiger partial charge is 0.429 e. The van der Waals surface area contributed by atoms with Gasteiger partial charge in [-0.25, -0.2) is 15.6 Å². The number of halogens is 1. The highest BCUT2D eigenvalue weighted by Gasteiger charge is 2.20. The van der Waals surface area contributed by atoms with Crippen LogP contribution in [0.3, 0.4) is 0 Å². The minimum Gasteiger partial charge on any atom is -0.442 e. The second-order valence-electron chi connectivity index (χ2n) is 4.33. The molecule has 0 aliphatic carbocycles. The number of benzene rings is 1. The lowest BCUT2D eigenvalue weighted by Crippen LogP contribution is -2.41. The maximum absolute atomic E-state index is 11.6. The van der Waals surface area contributed by atoms with Crippen LogP contribution in [-0.2, 0) is 4.74 Å². The highest BCUT2D eigenvalue weighted by atomic mass is 127. The Morgan fingerprint density at radius 2 is 1.81 bits per heavy atom. The first kappa shape index (κ1) is 13.2. The number of rotatable bonds is 1. The topological polar surface area (TPSA) is 55.6 Å². The average molecular weight is 334 g/mol. The highest BCUT2D eigenvalue weighted by molar-refractivity contribution is 14.1. The molecule has 88 valence electrons. The fourth-order valence-corrected chi connectivity index (χ4v) is 1.38. The van der Waals surface area contributed by atoms with Crippen molar-refractivity contribution in [2.24, 2.45) is 5.84 Å². The molecular formula is C11H15IN2O2. The number of nitrogens with two attached hydrogens (primary N) is 1. The van der Waals surface area contributed by atoms with Gasteiger partial charge in [0.2, 0.25) is 0 Å². The van der Waals surface area contributed by atoms with Gasteiger partial charge in [0, 0.05) is 3.57 Å². The van der Waals surface area contributed by atoms with Crippen molar-refractivity contribution in [3.8, 4) is 0 Å². The molecule has 0 saturated carbocycles. The summed E-state index contributed by atoms with van der Waals surface area (Å²) in [6.07, 6.45) is -0.561. The summed E-state index contributed by atoms with van der Waals surface area (Å²) < 4.78 is 6.23. The van der Waals surface area contributed by atoms with E-state index in [1.165, 1.54) is 0 Å². The fraction of sp³-hybridized carbons (Fsp3) is 0.364. The predicted molar refractivity (Wildman–Crippen MR) is 72.1 cm³/mol. The molecule has 0 aliphatic rings. The Bertz CT molecular complexity index is 371. The molecule has 4 nitrogen and oxygen atoms in total. The summed E-state index contributed by atoms with van der Waals surface area (Å²) in [7, 11) is 0. The van der Waals surface area contributed by atoms with E-state index < -0.39 is 11.7 Å². The van der Waals surface area contributed by atoms with Gasteiger partial charge >= 0.3 is 6.09 Å². The molecule has 0 aromatic heterocycles. The molecule has 0 aliphatic heterocycles. The molecule has 0 heterocycles. The standard InChI is InChI=1S/C11H15IN2O2/c1-11(2,3)16-10(15)14(13)9-6-4-8(12)5-7-9/h4-7H,13H2,1-3H3. The lowest BCUT2D eigenvalue weighted by Gasteiger charge is -2.24. The molecule has 16 heavy (non-hydrogen) atoms. The summed E-state index contributed by atoms with van der Waals surface area (Å²) in [4.78, 5) is 11.6. The summed E-state index contributed by atoms with van der Waals surface area (Å²) in [5.41, 5.74) is 0.0624. The monoisotopic (exact) mass is 334 g/mol. The summed E-state index contributed by atoms with van der Waals surface area (Å²) in [5, 5.41) is 1.00. The summed E-state index contributed by atoms with van der Waals surface area (Å²) in [5.74, 6) is 5.65. The van der Waals surface area contributed by atoms with Crippen molar-refractivity contribution < 1.29 is 9.53 Å². The number of hydrogen-bond donors (Lipinski definition) is 1. The van der Waals surface area contributed by atoms with Crippen LogP contribution in [0.15, 0.2) is 24.3 Å². The van der Waals surface area contributed by atoms with E-state index in [9.17, 15) is 4.79 Å². The molecule has 0 fully saturated rings. The highest BCUT2D eigenvalue weighted by Crippen LogP contribution is 2.16. The number of anilines is 1. The van der Waals surface area contributed by atoms with Crippen molar-refractivity contribution in [1.29, 1.82) is 0 Å². The van der Waals surface area contributed by atoms with E-state index in [1.807, 2.05) is 12.1 Å². The van der Waals surface area contributed by atoms with E-state index in [-0.39, 0.29) is 0 Å². The van der Waals surface area contributed by atoms with Gasteiger partial charge in [-0.2, -0.15) is 0 Å². The van der Waals surface area contributed by atoms with Crippen molar-refractivity contribution >= 4 is 34.4 Å². The third-order valence-electron chi connectivity index (χ3n) is 1.69. The Labute approximate surface area is 109 Å². The predicted octanol–water partition coefficient (Wildman–Crippen LogP) is 2.91. The van der Waals surface area contributed by atoms with E-state index in [0.717, 1.165) is 8.58 Å². The van der Waals surface area contributed by atoms with Crippen LogP contribution in [0.5, 0.6) is 0 Å². The third-order valence-corrected chi connectivity index (χ3v) is 2.41. The maximum atomic E-state index is 11.6. The number of carbonyl (C=O) groups excluding carboxylic acids is 1. The molecule has 0 saturated heterocycles. The molecule has 1 amide bonds. The molecule has 0 radical (unpaired) electrons. The summed E-state index contributed by atoms with van der Waals surface area (Å²) in [6.45, 7) is 5.39. The van der Waals surface area contributed by atoms with Crippen LogP contribution >= 0.6 is 22.6 Å². The molecule has 1 rings (SSSR count). The molecule has 0 unspecified atom stereocenters. The zero-order chi connectivity index (χ0) is 12.3. The molecular weight excluding hydrogens is 319 g/mol. The van der Waals surface area contributed by atoms with Gasteiger partial charge in [0.25, 0.3) is 0 Å². The number of ether oxygens (including phenoxy) is 1. The minimum atomic E-state index is -0.561. The molecule has 1 aromatic carbocycles. The van der Waals surface area contributed by atoms with Crippen molar-refractivity contribution in [2.45, 2.75) is 26.4 Å². The second kappa shape index (κ2) is 5.01. The maximum Gasteiger partial charge on any atom is 0.429 e. The van der Waals surface area contributed by atoms with Gasteiger partial charge in [-0.15, -0.1) is 0 Å². The third kappa shape index (κ3) is 3.97. The van der Waals surface area contributed by atoms with Crippen LogP contribution < -0.4 is 10.9 Å². The molecule has 5 heteroatoms. The molecule has 1 aromatic rings. The lowest BCUT2D eigenvalue weighted by molar-refractivity contribution is 0.0580. The van der Waals surface area contributed by atoms with Crippen molar-refractivity contribution in [2.75, 3.05) is 5.01 Å². The molecule has 0 spiro atoms. The van der Waals surface area contributed by atoms with Crippen molar-refractivity contribution in [3.05, 3.63) is 27.8 Å². The van der Waals surface area contributed by atoms with Crippen LogP contribution in [0.25, 0.3) is 0 Å². The lowest BCUT2D eigenvalue weighted by atomic mass is 10.2. The minimum absolute atomic E-state index is 0.544. The van der Waals surface area contributed by atoms with Crippen molar-refractivity contribution in [3.63, 3.8) is 0 Å². The van der Waals surface area contributed by atoms with E-state index in [2.05, 4.69) is 22.6 Å². The van der Waals surface area contributed by atoms with Crippen molar-refractivity contribution in [1.82, 2.24) is 0 Å². The SMILES string of the molecule is CC(C)(C)OC(=O)N(N)c1ccc(I)cc1. The zero-order valence-corrected chi connectivity index (χ0v) is 11.7. The first-order chi connectivity index (χ1) is 7.29. The van der Waals surface area contributed by atoms with E-state index in [1.54, 1.807) is 32.9 Å². The number of carbonyl (C=O) groups is 1. The molecule has 2 N–H and O–H groups in total. The van der Waals surface area contributed by atoms with Crippen LogP contribution in [0.2, 0.25) is 0 Å². The van der Waals surface area contributed by atoms with Gasteiger partial charge in [-0.05, 0) is 67.6 Å². The Balaban J connectivity index is 2.74. The second-order valence-corrected chi connectivity index (χ2v) is 5.57. The normalized spacial score (nSPS) is 11.1. The van der Waals surface area contributed by atoms with Gasteiger partial charge < -0.3 is 4.74 Å². The Kier molecular flexibility index (Phi) is 4.15. The van der Waals surface area contributed by atoms with Gasteiger partial charge in [0.15, 0.2) is 0 Å². The Morgan fingerprint density at radius 3 is 2.25 bits per heavy atom. The largest absolute Gasteiger partial charge is 0.442 e. The summed E-state index contributed by atoms with van der Waals surface area (Å²) >= 11 is 2.18. The van der Waals surface area contributed by atoms with Gasteiger partial charge in [0.1, 0.15) is 5.60 Å². The summed E-state index contributed by atoms with van der Waals surface area (Å²) in [6, 6.07) is 7.29. The number of hydrogen-bond acceptors (Lipinski definition) is 3. The first-order valence-corrected chi connectivity index (χ1v) is 5.91. The number of hydrazine groups is 1. The fourth-order valence-electron chi connectivity index (χ4n) is 1.02. The molecule has 0 bridgehead atoms. The van der Waals surface area contributed by atoms with Crippen LogP contribution in [0.4, 0.5) is 10.5 Å². The van der Waals surface area contributed by atoms with Gasteiger partial charge in [0.05, 0.1) is 5.69 Å². The zero-order valence-electron chi connectivity index (χ0n) is 9.53. The van der Waals surface area contributed by atoms with Crippen LogP contribution in [-0.4, -0.2) is 11.7 Å². The van der Waals surface area contributed by atoms with Crippen LogP contribution in [0, 0.1) is 3.57 Å². The average Bonchev–Trinajstić information content (AvgIpc) is 2.15. The van der Waals surface area contributed by atoms with Gasteiger partial charge in [-0.3, -0.25) is 0 Å². The Hall–Kier alpha value is -0.820. The van der Waals surface area contributed by atoms with E-state index in [0.29, 0.717) is 5.69 Å². The van der Waals surface area contributed by atoms with Gasteiger partial charge in [-0.1, -0.05) is 0 Å². The number of nitrogens with zero attached hydrogens (tertiary/aromatic N) is 1. The van der Waals surface area contributed by atoms with Crippen LogP contribution in [0.1, 0.15) is 20.8 Å². The molecule has 0 atom stereocenters. The quantitative estimate of drug-likeness (QED) is 0.372. The Morgan fingerprint density at radius 1 is 1.31 bits per heavy atom. The van der Waals surface area contributed by atoms with E-state index in [4.69, 9.17) is 10.6 Å². The first-order valence-electron chi connectivity index (χ1n) is 4.83. The van der Waals surface area contributed by atoms with E-state index >= 15 is 0 Å².